The number of carbonyl (C=O) groups excluding carboxylic acids is 1. The summed E-state index contributed by atoms with van der Waals surface area (Å²) in [5.41, 5.74) is 1.78. The predicted molar refractivity (Wildman–Crippen MR) is 70.6 cm³/mol. The van der Waals surface area contributed by atoms with Crippen molar-refractivity contribution >= 4 is 23.8 Å². The minimum absolute atomic E-state index is 0.0911. The second-order valence-electron chi connectivity index (χ2n) is 4.18. The Hall–Kier alpha value is -2.42. The summed E-state index contributed by atoms with van der Waals surface area (Å²) in [6.07, 6.45) is -3.26. The molecule has 1 aromatic carbocycles. The molecule has 10 heteroatoms. The summed E-state index contributed by atoms with van der Waals surface area (Å²) in [6.45, 7) is -0.0911. The normalized spacial score (nSPS) is 10.9. The third-order valence-electron chi connectivity index (χ3n) is 2.82. The molecule has 2 rings (SSSR count). The van der Waals surface area contributed by atoms with Gasteiger partial charge in [-0.3, -0.25) is 4.79 Å². The number of aromatic nitrogens is 1. The number of anilines is 1. The molecular formula is C13H6ClF5N2O2. The first-order valence-corrected chi connectivity index (χ1v) is 6.18. The Morgan fingerprint density at radius 1 is 1.22 bits per heavy atom. The molecule has 1 aromatic heterocycles. The number of halogens is 6. The molecule has 2 aromatic rings. The van der Waals surface area contributed by atoms with Gasteiger partial charge < -0.3 is 10.5 Å². The summed E-state index contributed by atoms with van der Waals surface area (Å²) >= 11 is 5.60. The van der Waals surface area contributed by atoms with Crippen molar-refractivity contribution in [2.75, 3.05) is 5.73 Å². The second-order valence-corrected chi connectivity index (χ2v) is 4.55. The van der Waals surface area contributed by atoms with Gasteiger partial charge >= 0.3 is 0 Å². The third-order valence-corrected chi connectivity index (χ3v) is 3.18. The van der Waals surface area contributed by atoms with Gasteiger partial charge in [-0.2, -0.15) is 0 Å². The van der Waals surface area contributed by atoms with Gasteiger partial charge in [-0.1, -0.05) is 11.6 Å². The molecule has 0 aliphatic rings. The van der Waals surface area contributed by atoms with E-state index in [1.54, 1.807) is 0 Å². The van der Waals surface area contributed by atoms with E-state index in [0.717, 1.165) is 0 Å². The number of nitrogens with zero attached hydrogens (tertiary/aromatic N) is 1. The molecule has 0 bridgehead atoms. The van der Waals surface area contributed by atoms with Crippen molar-refractivity contribution in [3.8, 4) is 17.1 Å². The van der Waals surface area contributed by atoms with Gasteiger partial charge in [-0.15, -0.1) is 0 Å². The average molecular weight is 353 g/mol. The number of rotatable bonds is 4. The fourth-order valence-corrected chi connectivity index (χ4v) is 1.92. The van der Waals surface area contributed by atoms with Crippen LogP contribution in [0.25, 0.3) is 11.3 Å². The number of ether oxygens (including phenoxy) is 1. The summed E-state index contributed by atoms with van der Waals surface area (Å²) in [7, 11) is 0. The van der Waals surface area contributed by atoms with Crippen LogP contribution >= 0.6 is 11.6 Å². The highest BCUT2D eigenvalue weighted by molar-refractivity contribution is 6.34. The lowest BCUT2D eigenvalue weighted by Crippen LogP contribution is -2.05. The van der Waals surface area contributed by atoms with Crippen LogP contribution < -0.4 is 10.5 Å². The number of alkyl halides is 2. The minimum atomic E-state index is -3.26. The topological polar surface area (TPSA) is 65.2 Å². The van der Waals surface area contributed by atoms with Crippen molar-refractivity contribution in [3.05, 3.63) is 40.2 Å². The summed E-state index contributed by atoms with van der Waals surface area (Å²) in [5.74, 6) is -4.81. The van der Waals surface area contributed by atoms with Gasteiger partial charge in [0.2, 0.25) is 5.88 Å². The second kappa shape index (κ2) is 6.37. The first kappa shape index (κ1) is 16.9. The molecule has 0 radical (unpaired) electrons. The Balaban J connectivity index is 2.72. The molecule has 23 heavy (non-hydrogen) atoms. The molecule has 2 N–H and O–H groups in total. The highest BCUT2D eigenvalue weighted by Gasteiger charge is 2.24. The predicted octanol–water partition coefficient (Wildman–Crippen LogP) is 3.87. The van der Waals surface area contributed by atoms with E-state index >= 15 is 0 Å². The highest BCUT2D eigenvalue weighted by atomic mass is 35.5. The standard InChI is InChI=1S/C13H6ClF5N2O2/c14-8-10(20)9(17)11(21-13(8)23-3-22)4-1-7(16)5(12(18)19)2-6(4)15/h1-3,12H,(H2,20,21). The molecule has 0 amide bonds. The maximum absolute atomic E-state index is 14.1. The van der Waals surface area contributed by atoms with Crippen LogP contribution in [0.2, 0.25) is 5.02 Å². The number of hydrogen-bond acceptors (Lipinski definition) is 4. The molecular weight excluding hydrogens is 347 g/mol. The van der Waals surface area contributed by atoms with Crippen molar-refractivity contribution in [3.63, 3.8) is 0 Å². The zero-order valence-electron chi connectivity index (χ0n) is 10.9. The average Bonchev–Trinajstić information content (AvgIpc) is 2.50. The van der Waals surface area contributed by atoms with Crippen molar-refractivity contribution in [2.45, 2.75) is 6.43 Å². The van der Waals surface area contributed by atoms with Crippen LogP contribution in [-0.2, 0) is 4.79 Å². The Kier molecular flexibility index (Phi) is 4.69. The zero-order chi connectivity index (χ0) is 17.3. The smallest absolute Gasteiger partial charge is 0.299 e. The molecule has 1 heterocycles. The summed E-state index contributed by atoms with van der Waals surface area (Å²) in [4.78, 5) is 13.8. The SMILES string of the molecule is Nc1c(F)c(-c2cc(F)c(C(F)F)cc2F)nc(OC=O)c1Cl. The van der Waals surface area contributed by atoms with Crippen LogP contribution in [0.15, 0.2) is 12.1 Å². The van der Waals surface area contributed by atoms with Gasteiger partial charge in [0, 0.05) is 5.56 Å². The van der Waals surface area contributed by atoms with Crippen molar-refractivity contribution in [1.82, 2.24) is 4.98 Å². The number of nitrogens with two attached hydrogens (primary N) is 1. The quantitative estimate of drug-likeness (QED) is 0.670. The molecule has 0 fully saturated rings. The van der Waals surface area contributed by atoms with Crippen LogP contribution in [-0.4, -0.2) is 11.5 Å². The zero-order valence-corrected chi connectivity index (χ0v) is 11.7. The van der Waals surface area contributed by atoms with Crippen LogP contribution in [0.4, 0.5) is 27.6 Å². The van der Waals surface area contributed by atoms with E-state index in [0.29, 0.717) is 6.07 Å². The molecule has 0 aliphatic carbocycles. The van der Waals surface area contributed by atoms with Gasteiger partial charge in [0.15, 0.2) is 5.82 Å². The first-order valence-electron chi connectivity index (χ1n) is 5.80. The van der Waals surface area contributed by atoms with Gasteiger partial charge in [0.25, 0.3) is 12.9 Å². The van der Waals surface area contributed by atoms with Gasteiger partial charge in [-0.25, -0.2) is 26.9 Å². The van der Waals surface area contributed by atoms with Gasteiger partial charge in [0.05, 0.1) is 11.3 Å². The number of nitrogen functional groups attached to an aromatic ring is 1. The fraction of sp³-hybridized carbons (Fsp3) is 0.0769. The molecule has 0 spiro atoms. The lowest BCUT2D eigenvalue weighted by molar-refractivity contribution is -0.120. The minimum Gasteiger partial charge on any atom is -0.408 e. The van der Waals surface area contributed by atoms with E-state index in [4.69, 9.17) is 17.3 Å². The molecule has 0 atom stereocenters. The fourth-order valence-electron chi connectivity index (χ4n) is 1.75. The number of pyridine rings is 1. The largest absolute Gasteiger partial charge is 0.408 e. The molecule has 0 aliphatic heterocycles. The van der Waals surface area contributed by atoms with E-state index in [-0.39, 0.29) is 12.5 Å². The van der Waals surface area contributed by atoms with Crippen molar-refractivity contribution in [2.24, 2.45) is 0 Å². The van der Waals surface area contributed by atoms with Gasteiger partial charge in [0.1, 0.15) is 22.4 Å². The monoisotopic (exact) mass is 352 g/mol. The Labute approximate surface area is 130 Å². The van der Waals surface area contributed by atoms with E-state index in [9.17, 15) is 26.7 Å². The highest BCUT2D eigenvalue weighted by Crippen LogP contribution is 2.37. The lowest BCUT2D eigenvalue weighted by atomic mass is 10.1. The Morgan fingerprint density at radius 3 is 2.43 bits per heavy atom. The van der Waals surface area contributed by atoms with E-state index in [1.807, 2.05) is 0 Å². The molecule has 0 saturated heterocycles. The van der Waals surface area contributed by atoms with Crippen LogP contribution in [0.5, 0.6) is 5.88 Å². The molecule has 0 saturated carbocycles. The van der Waals surface area contributed by atoms with Crippen LogP contribution in [0.1, 0.15) is 12.0 Å². The maximum Gasteiger partial charge on any atom is 0.299 e. The van der Waals surface area contributed by atoms with E-state index in [1.165, 1.54) is 0 Å². The van der Waals surface area contributed by atoms with Crippen molar-refractivity contribution in [1.29, 1.82) is 0 Å². The number of benzene rings is 1. The lowest BCUT2D eigenvalue weighted by Gasteiger charge is -2.12. The first-order chi connectivity index (χ1) is 10.8. The van der Waals surface area contributed by atoms with Gasteiger partial charge in [-0.05, 0) is 12.1 Å². The van der Waals surface area contributed by atoms with Crippen LogP contribution in [0.3, 0.4) is 0 Å². The maximum atomic E-state index is 14.1. The molecule has 0 unspecified atom stereocenters. The number of carbonyl (C=O) groups is 1. The summed E-state index contributed by atoms with van der Waals surface area (Å²) < 4.78 is 71.0. The van der Waals surface area contributed by atoms with Crippen molar-refractivity contribution < 1.29 is 31.5 Å². The number of hydrogen-bond donors (Lipinski definition) is 1. The summed E-state index contributed by atoms with van der Waals surface area (Å²) in [6, 6.07) is 0.543. The Bertz CT molecular complexity index is 786. The van der Waals surface area contributed by atoms with E-state index < -0.39 is 57.3 Å². The van der Waals surface area contributed by atoms with E-state index in [2.05, 4.69) is 9.72 Å². The molecule has 4 nitrogen and oxygen atoms in total. The summed E-state index contributed by atoms with van der Waals surface area (Å²) in [5, 5.41) is -0.552. The Morgan fingerprint density at radius 2 is 1.87 bits per heavy atom. The third kappa shape index (κ3) is 3.04. The molecule has 122 valence electrons. The van der Waals surface area contributed by atoms with Crippen LogP contribution in [0, 0.1) is 17.5 Å².